The zero-order chi connectivity index (χ0) is 14.5. The minimum absolute atomic E-state index is 0.198. The van der Waals surface area contributed by atoms with Crippen LogP contribution in [0.25, 0.3) is 0 Å². The molecule has 0 aromatic heterocycles. The largest absolute Gasteiger partial charge is 0.492 e. The number of amides is 2. The quantitative estimate of drug-likeness (QED) is 0.797. The number of imide groups is 1. The Labute approximate surface area is 116 Å². The summed E-state index contributed by atoms with van der Waals surface area (Å²) < 4.78 is 5.53. The average Bonchev–Trinajstić information content (AvgIpc) is 2.44. The predicted molar refractivity (Wildman–Crippen MR) is 70.8 cm³/mol. The van der Waals surface area contributed by atoms with E-state index in [9.17, 15) is 9.59 Å². The SMILES string of the molecule is CC1C(=O)NC(=O)CN1CCOc1ccc(C#N)cc1. The molecule has 0 aliphatic carbocycles. The van der Waals surface area contributed by atoms with Crippen molar-refractivity contribution in [2.75, 3.05) is 19.7 Å². The molecule has 1 aromatic rings. The molecule has 1 aliphatic heterocycles. The van der Waals surface area contributed by atoms with Crippen LogP contribution in [-0.2, 0) is 9.59 Å². The van der Waals surface area contributed by atoms with Gasteiger partial charge in [0.1, 0.15) is 12.4 Å². The number of ether oxygens (including phenoxy) is 1. The van der Waals surface area contributed by atoms with Gasteiger partial charge < -0.3 is 4.74 Å². The molecule has 0 spiro atoms. The van der Waals surface area contributed by atoms with Crippen LogP contribution < -0.4 is 10.1 Å². The third kappa shape index (κ3) is 3.33. The summed E-state index contributed by atoms with van der Waals surface area (Å²) in [7, 11) is 0. The van der Waals surface area contributed by atoms with E-state index in [1.165, 1.54) is 0 Å². The second kappa shape index (κ2) is 6.17. The van der Waals surface area contributed by atoms with Crippen molar-refractivity contribution in [2.45, 2.75) is 13.0 Å². The number of rotatable bonds is 4. The molecule has 1 aliphatic rings. The van der Waals surface area contributed by atoms with Crippen LogP contribution in [0, 0.1) is 11.3 Å². The highest BCUT2D eigenvalue weighted by Gasteiger charge is 2.29. The second-order valence-corrected chi connectivity index (χ2v) is 4.54. The van der Waals surface area contributed by atoms with Gasteiger partial charge in [-0.2, -0.15) is 5.26 Å². The number of benzene rings is 1. The Morgan fingerprint density at radius 2 is 2.10 bits per heavy atom. The van der Waals surface area contributed by atoms with Crippen LogP contribution in [0.1, 0.15) is 12.5 Å². The lowest BCUT2D eigenvalue weighted by Gasteiger charge is -2.31. The molecule has 6 heteroatoms. The molecule has 1 atom stereocenters. The molecule has 0 saturated carbocycles. The van der Waals surface area contributed by atoms with Crippen molar-refractivity contribution in [1.29, 1.82) is 5.26 Å². The van der Waals surface area contributed by atoms with E-state index < -0.39 is 0 Å². The van der Waals surface area contributed by atoms with Crippen LogP contribution in [-0.4, -0.2) is 42.5 Å². The van der Waals surface area contributed by atoms with Crippen molar-refractivity contribution in [3.63, 3.8) is 0 Å². The fourth-order valence-electron chi connectivity index (χ4n) is 1.95. The molecular formula is C14H15N3O3. The number of piperazine rings is 1. The molecule has 2 rings (SSSR count). The average molecular weight is 273 g/mol. The molecule has 1 fully saturated rings. The van der Waals surface area contributed by atoms with E-state index in [4.69, 9.17) is 10.00 Å². The van der Waals surface area contributed by atoms with Crippen molar-refractivity contribution in [3.8, 4) is 11.8 Å². The Balaban J connectivity index is 1.84. The molecule has 6 nitrogen and oxygen atoms in total. The number of nitrogens with one attached hydrogen (secondary N) is 1. The first kappa shape index (κ1) is 14.0. The maximum absolute atomic E-state index is 11.5. The highest BCUT2D eigenvalue weighted by Crippen LogP contribution is 2.12. The summed E-state index contributed by atoms with van der Waals surface area (Å²) in [5.41, 5.74) is 0.573. The molecule has 1 unspecified atom stereocenters. The van der Waals surface area contributed by atoms with Gasteiger partial charge >= 0.3 is 0 Å². The van der Waals surface area contributed by atoms with E-state index in [0.717, 1.165) is 0 Å². The smallest absolute Gasteiger partial charge is 0.243 e. The van der Waals surface area contributed by atoms with Gasteiger partial charge in [-0.15, -0.1) is 0 Å². The van der Waals surface area contributed by atoms with Crippen molar-refractivity contribution in [3.05, 3.63) is 29.8 Å². The summed E-state index contributed by atoms with van der Waals surface area (Å²) in [6.45, 7) is 2.81. The molecule has 1 aromatic carbocycles. The van der Waals surface area contributed by atoms with Crippen LogP contribution in [0.4, 0.5) is 0 Å². The summed E-state index contributed by atoms with van der Waals surface area (Å²) >= 11 is 0. The minimum Gasteiger partial charge on any atom is -0.492 e. The summed E-state index contributed by atoms with van der Waals surface area (Å²) in [6.07, 6.45) is 0. The van der Waals surface area contributed by atoms with Crippen molar-refractivity contribution in [2.24, 2.45) is 0 Å². The van der Waals surface area contributed by atoms with Crippen LogP contribution in [0.15, 0.2) is 24.3 Å². The maximum atomic E-state index is 11.5. The van der Waals surface area contributed by atoms with Gasteiger partial charge in [0.05, 0.1) is 24.2 Å². The monoisotopic (exact) mass is 273 g/mol. The first-order valence-corrected chi connectivity index (χ1v) is 6.31. The van der Waals surface area contributed by atoms with Crippen LogP contribution in [0.2, 0.25) is 0 Å². The maximum Gasteiger partial charge on any atom is 0.243 e. The van der Waals surface area contributed by atoms with Gasteiger partial charge in [0, 0.05) is 6.54 Å². The predicted octanol–water partition coefficient (Wildman–Crippen LogP) is 0.284. The zero-order valence-corrected chi connectivity index (χ0v) is 11.1. The fourth-order valence-corrected chi connectivity index (χ4v) is 1.95. The number of hydrogen-bond donors (Lipinski definition) is 1. The molecule has 2 amide bonds. The number of nitrogens with zero attached hydrogens (tertiary/aromatic N) is 2. The lowest BCUT2D eigenvalue weighted by atomic mass is 10.2. The molecule has 104 valence electrons. The summed E-state index contributed by atoms with van der Waals surface area (Å²) in [5.74, 6) is 0.0931. The van der Waals surface area contributed by atoms with Crippen LogP contribution in [0.3, 0.4) is 0 Å². The lowest BCUT2D eigenvalue weighted by molar-refractivity contribution is -0.139. The first-order valence-electron chi connectivity index (χ1n) is 6.31. The standard InChI is InChI=1S/C14H15N3O3/c1-10-14(19)16-13(18)9-17(10)6-7-20-12-4-2-11(8-15)3-5-12/h2-5,10H,6-7,9H2,1H3,(H,16,18,19). The molecule has 1 saturated heterocycles. The van der Waals surface area contributed by atoms with Gasteiger partial charge in [-0.05, 0) is 31.2 Å². The zero-order valence-electron chi connectivity index (χ0n) is 11.1. The number of carbonyl (C=O) groups excluding carboxylic acids is 2. The summed E-state index contributed by atoms with van der Waals surface area (Å²) in [6, 6.07) is 8.49. The number of nitriles is 1. The normalized spacial score (nSPS) is 19.3. The van der Waals surface area contributed by atoms with E-state index in [1.807, 2.05) is 6.07 Å². The third-order valence-corrected chi connectivity index (χ3v) is 3.17. The Bertz CT molecular complexity index is 548. The Kier molecular flexibility index (Phi) is 4.33. The van der Waals surface area contributed by atoms with Crippen molar-refractivity contribution >= 4 is 11.8 Å². The molecule has 0 bridgehead atoms. The summed E-state index contributed by atoms with van der Waals surface area (Å²) in [5, 5.41) is 11.0. The molecule has 0 radical (unpaired) electrons. The highest BCUT2D eigenvalue weighted by molar-refractivity contribution is 6.00. The Morgan fingerprint density at radius 1 is 1.40 bits per heavy atom. The van der Waals surface area contributed by atoms with Gasteiger partial charge in [-0.1, -0.05) is 0 Å². The fraction of sp³-hybridized carbons (Fsp3) is 0.357. The van der Waals surface area contributed by atoms with Crippen LogP contribution >= 0.6 is 0 Å². The molecule has 1 N–H and O–H groups in total. The van der Waals surface area contributed by atoms with E-state index in [1.54, 1.807) is 36.1 Å². The van der Waals surface area contributed by atoms with Crippen molar-refractivity contribution < 1.29 is 14.3 Å². The van der Waals surface area contributed by atoms with E-state index in [2.05, 4.69) is 5.32 Å². The van der Waals surface area contributed by atoms with E-state index in [0.29, 0.717) is 24.5 Å². The number of hydrogen-bond acceptors (Lipinski definition) is 5. The topological polar surface area (TPSA) is 82.4 Å². The second-order valence-electron chi connectivity index (χ2n) is 4.54. The summed E-state index contributed by atoms with van der Waals surface area (Å²) in [4.78, 5) is 24.5. The third-order valence-electron chi connectivity index (χ3n) is 3.17. The van der Waals surface area contributed by atoms with Gasteiger partial charge in [0.25, 0.3) is 0 Å². The van der Waals surface area contributed by atoms with E-state index >= 15 is 0 Å². The van der Waals surface area contributed by atoms with Gasteiger partial charge in [0.15, 0.2) is 0 Å². The molecule has 1 heterocycles. The van der Waals surface area contributed by atoms with Crippen molar-refractivity contribution in [1.82, 2.24) is 10.2 Å². The first-order chi connectivity index (χ1) is 9.60. The molecule has 20 heavy (non-hydrogen) atoms. The minimum atomic E-state index is -0.336. The van der Waals surface area contributed by atoms with Gasteiger partial charge in [-0.3, -0.25) is 19.8 Å². The van der Waals surface area contributed by atoms with Crippen LogP contribution in [0.5, 0.6) is 5.75 Å². The Morgan fingerprint density at radius 3 is 2.75 bits per heavy atom. The number of carbonyl (C=O) groups is 2. The Hall–Kier alpha value is -2.39. The van der Waals surface area contributed by atoms with Gasteiger partial charge in [-0.25, -0.2) is 0 Å². The van der Waals surface area contributed by atoms with Gasteiger partial charge in [0.2, 0.25) is 11.8 Å². The molecular weight excluding hydrogens is 258 g/mol. The van der Waals surface area contributed by atoms with E-state index in [-0.39, 0.29) is 24.4 Å². The highest BCUT2D eigenvalue weighted by atomic mass is 16.5. The lowest BCUT2D eigenvalue weighted by Crippen LogP contribution is -2.57.